The SMILES string of the molecule is C[C@@H](Sc1n[nH]c(-c2ccccc2)n1)C(=O)Nc1ccc(C(F)(F)F)cc1. The first kappa shape index (κ1) is 19.0. The first-order chi connectivity index (χ1) is 12.8. The maximum atomic E-state index is 12.6. The van der Waals surface area contributed by atoms with Crippen LogP contribution in [0.1, 0.15) is 12.5 Å². The summed E-state index contributed by atoms with van der Waals surface area (Å²) in [6.07, 6.45) is -4.41. The molecule has 1 amide bonds. The lowest BCUT2D eigenvalue weighted by atomic mass is 10.2. The molecule has 1 aromatic heterocycles. The highest BCUT2D eigenvalue weighted by Crippen LogP contribution is 2.30. The van der Waals surface area contributed by atoms with Gasteiger partial charge >= 0.3 is 6.18 Å². The molecule has 140 valence electrons. The number of anilines is 1. The van der Waals surface area contributed by atoms with Crippen LogP contribution in [0, 0.1) is 0 Å². The fourth-order valence-electron chi connectivity index (χ4n) is 2.22. The molecule has 0 unspecified atom stereocenters. The van der Waals surface area contributed by atoms with Gasteiger partial charge < -0.3 is 5.32 Å². The molecule has 0 bridgehead atoms. The Morgan fingerprint density at radius 3 is 2.41 bits per heavy atom. The van der Waals surface area contributed by atoms with Crippen LogP contribution in [0.4, 0.5) is 18.9 Å². The van der Waals surface area contributed by atoms with Gasteiger partial charge in [0.15, 0.2) is 5.82 Å². The van der Waals surface area contributed by atoms with Gasteiger partial charge in [0.2, 0.25) is 11.1 Å². The number of hydrogen-bond acceptors (Lipinski definition) is 4. The summed E-state index contributed by atoms with van der Waals surface area (Å²) in [7, 11) is 0. The Hall–Kier alpha value is -2.81. The maximum Gasteiger partial charge on any atom is 0.416 e. The van der Waals surface area contributed by atoms with E-state index in [-0.39, 0.29) is 5.91 Å². The van der Waals surface area contributed by atoms with Crippen LogP contribution in [0.3, 0.4) is 0 Å². The van der Waals surface area contributed by atoms with E-state index in [2.05, 4.69) is 20.5 Å². The summed E-state index contributed by atoms with van der Waals surface area (Å²) in [5.74, 6) is 0.235. The molecular formula is C18H15F3N4OS. The number of alkyl halides is 3. The number of thioether (sulfide) groups is 1. The van der Waals surface area contributed by atoms with E-state index in [1.807, 2.05) is 30.3 Å². The van der Waals surface area contributed by atoms with Crippen LogP contribution < -0.4 is 5.32 Å². The molecule has 0 aliphatic heterocycles. The quantitative estimate of drug-likeness (QED) is 0.622. The summed E-state index contributed by atoms with van der Waals surface area (Å²) in [6, 6.07) is 13.7. The number of benzene rings is 2. The van der Waals surface area contributed by atoms with Crippen molar-refractivity contribution >= 4 is 23.4 Å². The Labute approximate surface area is 157 Å². The number of nitrogens with one attached hydrogen (secondary N) is 2. The third-order valence-corrected chi connectivity index (χ3v) is 4.60. The van der Waals surface area contributed by atoms with E-state index in [0.717, 1.165) is 29.5 Å². The van der Waals surface area contributed by atoms with Crippen LogP contribution in [-0.2, 0) is 11.0 Å². The summed E-state index contributed by atoms with van der Waals surface area (Å²) in [4.78, 5) is 16.6. The number of carbonyl (C=O) groups is 1. The van der Waals surface area contributed by atoms with E-state index in [0.29, 0.717) is 16.7 Å². The monoisotopic (exact) mass is 392 g/mol. The van der Waals surface area contributed by atoms with E-state index in [1.54, 1.807) is 6.92 Å². The van der Waals surface area contributed by atoms with E-state index in [1.165, 1.54) is 12.1 Å². The minimum absolute atomic E-state index is 0.292. The first-order valence-electron chi connectivity index (χ1n) is 7.95. The second kappa shape index (κ2) is 7.83. The van der Waals surface area contributed by atoms with Gasteiger partial charge in [0, 0.05) is 11.3 Å². The van der Waals surface area contributed by atoms with Crippen molar-refractivity contribution in [2.24, 2.45) is 0 Å². The lowest BCUT2D eigenvalue weighted by Crippen LogP contribution is -2.22. The molecule has 27 heavy (non-hydrogen) atoms. The third kappa shape index (κ3) is 4.88. The fraction of sp³-hybridized carbons (Fsp3) is 0.167. The zero-order chi connectivity index (χ0) is 19.4. The van der Waals surface area contributed by atoms with Crippen molar-refractivity contribution in [2.45, 2.75) is 23.5 Å². The lowest BCUT2D eigenvalue weighted by molar-refractivity contribution is -0.137. The summed E-state index contributed by atoms with van der Waals surface area (Å²) in [6.45, 7) is 1.67. The molecule has 0 fully saturated rings. The lowest BCUT2D eigenvalue weighted by Gasteiger charge is -2.11. The molecule has 0 radical (unpaired) electrons. The molecule has 0 aliphatic rings. The summed E-state index contributed by atoms with van der Waals surface area (Å²) < 4.78 is 37.7. The molecule has 3 rings (SSSR count). The Balaban J connectivity index is 1.60. The predicted octanol–water partition coefficient (Wildman–Crippen LogP) is 4.61. The highest BCUT2D eigenvalue weighted by molar-refractivity contribution is 8.00. The van der Waals surface area contributed by atoms with Crippen LogP contribution >= 0.6 is 11.8 Å². The van der Waals surface area contributed by atoms with Crippen LogP contribution in [0.5, 0.6) is 0 Å². The topological polar surface area (TPSA) is 70.7 Å². The van der Waals surface area contributed by atoms with Gasteiger partial charge in [-0.3, -0.25) is 9.89 Å². The number of aromatic amines is 1. The van der Waals surface area contributed by atoms with Crippen molar-refractivity contribution in [3.63, 3.8) is 0 Å². The highest BCUT2D eigenvalue weighted by Gasteiger charge is 2.30. The molecule has 9 heteroatoms. The van der Waals surface area contributed by atoms with Gasteiger partial charge in [0.1, 0.15) is 0 Å². The first-order valence-corrected chi connectivity index (χ1v) is 8.83. The Morgan fingerprint density at radius 2 is 1.78 bits per heavy atom. The van der Waals surface area contributed by atoms with Gasteiger partial charge in [-0.1, -0.05) is 42.1 Å². The van der Waals surface area contributed by atoms with E-state index in [9.17, 15) is 18.0 Å². The van der Waals surface area contributed by atoms with Crippen molar-refractivity contribution in [3.8, 4) is 11.4 Å². The van der Waals surface area contributed by atoms with Gasteiger partial charge in [-0.2, -0.15) is 13.2 Å². The average molecular weight is 392 g/mol. The fourth-order valence-corrected chi connectivity index (χ4v) is 2.95. The molecule has 2 N–H and O–H groups in total. The molecule has 0 saturated carbocycles. The summed E-state index contributed by atoms with van der Waals surface area (Å²) >= 11 is 1.15. The smallest absolute Gasteiger partial charge is 0.325 e. The van der Waals surface area contributed by atoms with Crippen molar-refractivity contribution in [2.75, 3.05) is 5.32 Å². The van der Waals surface area contributed by atoms with Gasteiger partial charge in [-0.05, 0) is 31.2 Å². The number of aromatic nitrogens is 3. The third-order valence-electron chi connectivity index (χ3n) is 3.64. The van der Waals surface area contributed by atoms with Crippen LogP contribution in [0.2, 0.25) is 0 Å². The van der Waals surface area contributed by atoms with Gasteiger partial charge in [-0.15, -0.1) is 5.10 Å². The molecule has 5 nitrogen and oxygen atoms in total. The number of nitrogens with zero attached hydrogens (tertiary/aromatic N) is 2. The van der Waals surface area contributed by atoms with Gasteiger partial charge in [0.05, 0.1) is 10.8 Å². The highest BCUT2D eigenvalue weighted by atomic mass is 32.2. The zero-order valence-corrected chi connectivity index (χ0v) is 14.9. The van der Waals surface area contributed by atoms with Crippen LogP contribution in [-0.4, -0.2) is 26.3 Å². The number of amides is 1. The van der Waals surface area contributed by atoms with E-state index in [4.69, 9.17) is 0 Å². The number of H-pyrrole nitrogens is 1. The standard InChI is InChI=1S/C18H15F3N4OS/c1-11(16(26)22-14-9-7-13(8-10-14)18(19,20)21)27-17-23-15(24-25-17)12-5-3-2-4-6-12/h2-11H,1H3,(H,22,26)(H,23,24,25)/t11-/m1/s1. The van der Waals surface area contributed by atoms with E-state index >= 15 is 0 Å². The van der Waals surface area contributed by atoms with Crippen molar-refractivity contribution < 1.29 is 18.0 Å². The largest absolute Gasteiger partial charge is 0.416 e. The number of rotatable bonds is 5. The predicted molar refractivity (Wildman–Crippen MR) is 97.2 cm³/mol. The maximum absolute atomic E-state index is 12.6. The van der Waals surface area contributed by atoms with Crippen LogP contribution in [0.25, 0.3) is 11.4 Å². The zero-order valence-electron chi connectivity index (χ0n) is 14.1. The van der Waals surface area contributed by atoms with Crippen molar-refractivity contribution in [3.05, 3.63) is 60.2 Å². The van der Waals surface area contributed by atoms with E-state index < -0.39 is 17.0 Å². The normalized spacial score (nSPS) is 12.6. The molecule has 3 aromatic rings. The minimum Gasteiger partial charge on any atom is -0.325 e. The molecule has 1 atom stereocenters. The molecule has 0 spiro atoms. The molecule has 1 heterocycles. The van der Waals surface area contributed by atoms with Crippen molar-refractivity contribution in [1.82, 2.24) is 15.2 Å². The number of halogens is 3. The molecule has 0 saturated heterocycles. The molecule has 0 aliphatic carbocycles. The molecule has 2 aromatic carbocycles. The second-order valence-electron chi connectivity index (χ2n) is 5.66. The van der Waals surface area contributed by atoms with Gasteiger partial charge in [-0.25, -0.2) is 4.98 Å². The number of hydrogen-bond donors (Lipinski definition) is 2. The summed E-state index contributed by atoms with van der Waals surface area (Å²) in [5, 5.41) is 9.36. The summed E-state index contributed by atoms with van der Waals surface area (Å²) in [5.41, 5.74) is 0.399. The van der Waals surface area contributed by atoms with Crippen molar-refractivity contribution in [1.29, 1.82) is 0 Å². The Bertz CT molecular complexity index is 910. The minimum atomic E-state index is -4.41. The Morgan fingerprint density at radius 1 is 1.11 bits per heavy atom. The average Bonchev–Trinajstić information content (AvgIpc) is 3.10. The Kier molecular flexibility index (Phi) is 5.50. The molecular weight excluding hydrogens is 377 g/mol. The number of carbonyl (C=O) groups excluding carboxylic acids is 1. The van der Waals surface area contributed by atoms with Gasteiger partial charge in [0.25, 0.3) is 0 Å². The second-order valence-corrected chi connectivity index (χ2v) is 6.97. The van der Waals surface area contributed by atoms with Crippen LogP contribution in [0.15, 0.2) is 59.8 Å².